The van der Waals surface area contributed by atoms with E-state index in [0.29, 0.717) is 0 Å². The summed E-state index contributed by atoms with van der Waals surface area (Å²) in [7, 11) is 0. The predicted molar refractivity (Wildman–Crippen MR) is 86.5 cm³/mol. The van der Waals surface area contributed by atoms with E-state index < -0.39 is 0 Å². The number of unbranched alkanes of at least 4 members (excludes halogenated alkanes) is 7. The van der Waals surface area contributed by atoms with Gasteiger partial charge in [-0.25, -0.2) is 0 Å². The molecule has 0 atom stereocenters. The summed E-state index contributed by atoms with van der Waals surface area (Å²) in [5.41, 5.74) is 0. The molecule has 0 saturated carbocycles. The van der Waals surface area contributed by atoms with Crippen molar-refractivity contribution in [3.05, 3.63) is 0 Å². The Bertz CT molecular complexity index is 183. The smallest absolute Gasteiger partial charge is 0.0948 e. The summed E-state index contributed by atoms with van der Waals surface area (Å²) in [6, 6.07) is 0. The van der Waals surface area contributed by atoms with Gasteiger partial charge in [0.2, 0.25) is 0 Å². The van der Waals surface area contributed by atoms with Gasteiger partial charge in [-0.3, -0.25) is 4.99 Å². The molecule has 0 aliphatic heterocycles. The first-order chi connectivity index (χ1) is 8.85. The Kier molecular flexibility index (Phi) is 14.7. The van der Waals surface area contributed by atoms with Crippen molar-refractivity contribution in [1.29, 1.82) is 0 Å². The van der Waals surface area contributed by atoms with Gasteiger partial charge >= 0.3 is 0 Å². The van der Waals surface area contributed by atoms with Gasteiger partial charge in [0.25, 0.3) is 0 Å². The highest BCUT2D eigenvalue weighted by atomic mass is 32.2. The molecule has 0 aliphatic rings. The molecule has 0 saturated heterocycles. The van der Waals surface area contributed by atoms with Crippen LogP contribution in [0.5, 0.6) is 0 Å². The highest BCUT2D eigenvalue weighted by Gasteiger charge is 1.97. The number of hydrogen-bond donors (Lipinski definition) is 0. The third-order valence-electron chi connectivity index (χ3n) is 2.96. The quantitative estimate of drug-likeness (QED) is 0.199. The lowest BCUT2D eigenvalue weighted by atomic mass is 10.1. The van der Waals surface area contributed by atoms with E-state index in [4.69, 9.17) is 0 Å². The number of nitrogens with zero attached hydrogens (tertiary/aromatic N) is 2. The minimum absolute atomic E-state index is 0.884. The van der Waals surface area contributed by atoms with Gasteiger partial charge in [-0.05, 0) is 32.2 Å². The molecule has 0 rings (SSSR count). The molecular weight excluding hydrogens is 240 g/mol. The van der Waals surface area contributed by atoms with E-state index in [2.05, 4.69) is 30.1 Å². The Morgan fingerprint density at radius 3 is 2.06 bits per heavy atom. The average molecular weight is 273 g/mol. The first-order valence-corrected chi connectivity index (χ1v) is 8.68. The summed E-state index contributed by atoms with van der Waals surface area (Å²) in [6.45, 7) is 8.47. The monoisotopic (exact) mass is 272 g/mol. The van der Waals surface area contributed by atoms with Gasteiger partial charge in [-0.2, -0.15) is 0 Å². The van der Waals surface area contributed by atoms with Crippen LogP contribution < -0.4 is 0 Å². The van der Waals surface area contributed by atoms with Gasteiger partial charge < -0.3 is 4.31 Å². The third-order valence-corrected chi connectivity index (χ3v) is 4.12. The minimum atomic E-state index is 0.884. The van der Waals surface area contributed by atoms with Gasteiger partial charge in [0.05, 0.1) is 6.34 Å². The summed E-state index contributed by atoms with van der Waals surface area (Å²) in [4.78, 5) is 4.28. The second kappa shape index (κ2) is 14.9. The standard InChI is InChI=1S/C15H32N2S/c1-4-7-8-9-10-11-12-13-14-18-17(6-3)15-16-5-2/h15H,4-14H2,1-3H3/b16-15+. The predicted octanol–water partition coefficient (Wildman–Crippen LogP) is 5.15. The normalized spacial score (nSPS) is 11.3. The van der Waals surface area contributed by atoms with Crippen LogP contribution in [0.4, 0.5) is 0 Å². The first-order valence-electron chi connectivity index (χ1n) is 7.74. The van der Waals surface area contributed by atoms with Crippen molar-refractivity contribution in [2.24, 2.45) is 4.99 Å². The van der Waals surface area contributed by atoms with Crippen LogP contribution in [0.2, 0.25) is 0 Å². The Balaban J connectivity index is 3.25. The third kappa shape index (κ3) is 12.3. The van der Waals surface area contributed by atoms with Gasteiger partial charge in [-0.1, -0.05) is 51.9 Å². The van der Waals surface area contributed by atoms with E-state index in [-0.39, 0.29) is 0 Å². The summed E-state index contributed by atoms with van der Waals surface area (Å²) < 4.78 is 2.24. The molecule has 0 radical (unpaired) electrons. The van der Waals surface area contributed by atoms with E-state index >= 15 is 0 Å². The summed E-state index contributed by atoms with van der Waals surface area (Å²) in [6.07, 6.45) is 13.2. The molecule has 0 aliphatic carbocycles. The Morgan fingerprint density at radius 1 is 0.889 bits per heavy atom. The molecule has 3 heteroatoms. The maximum absolute atomic E-state index is 4.28. The largest absolute Gasteiger partial charge is 0.307 e. The van der Waals surface area contributed by atoms with Crippen LogP contribution in [0.3, 0.4) is 0 Å². The fourth-order valence-electron chi connectivity index (χ4n) is 1.80. The van der Waals surface area contributed by atoms with E-state index in [1.165, 1.54) is 57.1 Å². The summed E-state index contributed by atoms with van der Waals surface area (Å²) >= 11 is 1.92. The molecule has 0 N–H and O–H groups in total. The fraction of sp³-hybridized carbons (Fsp3) is 0.933. The molecule has 0 heterocycles. The maximum atomic E-state index is 4.28. The topological polar surface area (TPSA) is 15.6 Å². The Hall–Kier alpha value is -0.180. The van der Waals surface area contributed by atoms with Gasteiger partial charge in [0.15, 0.2) is 0 Å². The van der Waals surface area contributed by atoms with Crippen LogP contribution in [0, 0.1) is 0 Å². The number of aliphatic imine (C=N–C) groups is 1. The second-order valence-corrected chi connectivity index (χ2v) is 5.79. The Labute approximate surface area is 119 Å². The van der Waals surface area contributed by atoms with Crippen LogP contribution in [-0.4, -0.2) is 29.5 Å². The Morgan fingerprint density at radius 2 is 1.50 bits per heavy atom. The zero-order valence-electron chi connectivity index (χ0n) is 12.7. The van der Waals surface area contributed by atoms with Gasteiger partial charge in [-0.15, -0.1) is 0 Å². The first kappa shape index (κ1) is 17.8. The average Bonchev–Trinajstić information content (AvgIpc) is 2.40. The lowest BCUT2D eigenvalue weighted by molar-refractivity contribution is 0.585. The highest BCUT2D eigenvalue weighted by molar-refractivity contribution is 7.97. The zero-order chi connectivity index (χ0) is 13.5. The van der Waals surface area contributed by atoms with Crippen molar-refractivity contribution in [1.82, 2.24) is 4.31 Å². The van der Waals surface area contributed by atoms with Crippen LogP contribution in [-0.2, 0) is 0 Å². The van der Waals surface area contributed by atoms with Crippen LogP contribution in [0.15, 0.2) is 4.99 Å². The summed E-state index contributed by atoms with van der Waals surface area (Å²) in [5, 5.41) is 0. The SMILES string of the molecule is CCCCCCCCCCSN(/C=N/CC)CC. The molecule has 0 bridgehead atoms. The van der Waals surface area contributed by atoms with Crippen molar-refractivity contribution in [3.63, 3.8) is 0 Å². The molecular formula is C15H32N2S. The number of rotatable bonds is 13. The van der Waals surface area contributed by atoms with E-state index in [1.54, 1.807) is 0 Å². The molecule has 18 heavy (non-hydrogen) atoms. The molecule has 0 aromatic heterocycles. The van der Waals surface area contributed by atoms with Gasteiger partial charge in [0.1, 0.15) is 0 Å². The molecule has 2 nitrogen and oxygen atoms in total. The van der Waals surface area contributed by atoms with E-state index in [9.17, 15) is 0 Å². The van der Waals surface area contributed by atoms with Crippen molar-refractivity contribution in [2.75, 3.05) is 18.8 Å². The van der Waals surface area contributed by atoms with Crippen molar-refractivity contribution in [2.45, 2.75) is 72.1 Å². The van der Waals surface area contributed by atoms with Crippen molar-refractivity contribution >= 4 is 18.3 Å². The number of hydrogen-bond acceptors (Lipinski definition) is 2. The molecule has 0 fully saturated rings. The lowest BCUT2D eigenvalue weighted by Crippen LogP contribution is -2.13. The van der Waals surface area contributed by atoms with Gasteiger partial charge in [0, 0.05) is 18.8 Å². The lowest BCUT2D eigenvalue weighted by Gasteiger charge is -2.15. The van der Waals surface area contributed by atoms with Crippen LogP contribution >= 0.6 is 11.9 Å². The molecule has 0 amide bonds. The maximum Gasteiger partial charge on any atom is 0.0948 e. The zero-order valence-corrected chi connectivity index (χ0v) is 13.5. The minimum Gasteiger partial charge on any atom is -0.307 e. The second-order valence-electron chi connectivity index (χ2n) is 4.66. The molecule has 0 aromatic rings. The van der Waals surface area contributed by atoms with Crippen LogP contribution in [0.1, 0.15) is 72.1 Å². The molecule has 0 aromatic carbocycles. The molecule has 108 valence electrons. The van der Waals surface area contributed by atoms with E-state index in [1.807, 2.05) is 18.3 Å². The van der Waals surface area contributed by atoms with E-state index in [0.717, 1.165) is 13.1 Å². The highest BCUT2D eigenvalue weighted by Crippen LogP contribution is 2.13. The molecule has 0 unspecified atom stereocenters. The fourth-order valence-corrected chi connectivity index (χ4v) is 2.68. The van der Waals surface area contributed by atoms with Crippen LogP contribution in [0.25, 0.3) is 0 Å². The molecule has 0 spiro atoms. The van der Waals surface area contributed by atoms with Crippen molar-refractivity contribution in [3.8, 4) is 0 Å². The summed E-state index contributed by atoms with van der Waals surface area (Å²) in [5.74, 6) is 1.23. The van der Waals surface area contributed by atoms with Crippen molar-refractivity contribution < 1.29 is 0 Å².